The molecule has 3 aromatic heterocycles. The van der Waals surface area contributed by atoms with Gasteiger partial charge in [-0.05, 0) is 54.6 Å². The SMILES string of the molecule is CCc1cnc(N2CCC([C@H](C)Oc3nn4cc(-c5ccc(C[SH](=O)=O)cc5)nc4s3)CC2)nc1. The van der Waals surface area contributed by atoms with Gasteiger partial charge < -0.3 is 9.64 Å². The second kappa shape index (κ2) is 10.3. The number of piperidine rings is 1. The molecule has 1 fully saturated rings. The van der Waals surface area contributed by atoms with Crippen molar-refractivity contribution in [1.82, 2.24) is 24.6 Å². The Balaban J connectivity index is 1.18. The maximum atomic E-state index is 10.9. The van der Waals surface area contributed by atoms with Crippen LogP contribution in [0, 0.1) is 5.92 Å². The number of ether oxygens (including phenoxy) is 1. The van der Waals surface area contributed by atoms with E-state index in [4.69, 9.17) is 4.74 Å². The summed E-state index contributed by atoms with van der Waals surface area (Å²) in [7, 11) is -2.43. The highest BCUT2D eigenvalue weighted by molar-refractivity contribution is 7.71. The van der Waals surface area contributed by atoms with Crippen molar-refractivity contribution in [2.45, 2.75) is 45.0 Å². The topological polar surface area (TPSA) is 103 Å². The minimum Gasteiger partial charge on any atom is -0.466 e. The fraction of sp³-hybridized carbons (Fsp3) is 0.417. The number of rotatable bonds is 8. The summed E-state index contributed by atoms with van der Waals surface area (Å²) < 4.78 is 29.8. The molecule has 11 heteroatoms. The highest BCUT2D eigenvalue weighted by atomic mass is 32.2. The van der Waals surface area contributed by atoms with Gasteiger partial charge in [-0.15, -0.1) is 5.10 Å². The predicted octanol–water partition coefficient (Wildman–Crippen LogP) is 3.61. The number of nitrogens with zero attached hydrogens (tertiary/aromatic N) is 6. The van der Waals surface area contributed by atoms with Gasteiger partial charge in [0.15, 0.2) is 0 Å². The largest absolute Gasteiger partial charge is 0.466 e. The van der Waals surface area contributed by atoms with Crippen LogP contribution in [0.15, 0.2) is 42.9 Å². The van der Waals surface area contributed by atoms with Crippen LogP contribution in [0.4, 0.5) is 5.95 Å². The van der Waals surface area contributed by atoms with E-state index in [1.165, 1.54) is 11.3 Å². The molecule has 184 valence electrons. The van der Waals surface area contributed by atoms with Crippen molar-refractivity contribution in [3.63, 3.8) is 0 Å². The van der Waals surface area contributed by atoms with Gasteiger partial charge in [0.25, 0.3) is 5.19 Å². The first-order chi connectivity index (χ1) is 17.0. The van der Waals surface area contributed by atoms with Crippen molar-refractivity contribution in [2.24, 2.45) is 5.92 Å². The summed E-state index contributed by atoms with van der Waals surface area (Å²) in [5.41, 5.74) is 3.63. The number of aryl methyl sites for hydroxylation is 1. The van der Waals surface area contributed by atoms with E-state index < -0.39 is 10.7 Å². The van der Waals surface area contributed by atoms with E-state index in [-0.39, 0.29) is 11.9 Å². The average Bonchev–Trinajstić information content (AvgIpc) is 3.43. The third kappa shape index (κ3) is 5.46. The van der Waals surface area contributed by atoms with Gasteiger partial charge in [-0.3, -0.25) is 0 Å². The Morgan fingerprint density at radius 1 is 1.11 bits per heavy atom. The van der Waals surface area contributed by atoms with Gasteiger partial charge in [0, 0.05) is 31.0 Å². The first kappa shape index (κ1) is 23.7. The van der Waals surface area contributed by atoms with Crippen LogP contribution in [0.3, 0.4) is 0 Å². The Hall–Kier alpha value is -3.05. The van der Waals surface area contributed by atoms with E-state index in [0.717, 1.165) is 65.6 Å². The fourth-order valence-electron chi connectivity index (χ4n) is 4.32. The van der Waals surface area contributed by atoms with Crippen LogP contribution in [0.5, 0.6) is 5.19 Å². The first-order valence-corrected chi connectivity index (χ1v) is 14.0. The van der Waals surface area contributed by atoms with Crippen LogP contribution in [-0.4, -0.2) is 52.2 Å². The molecule has 5 rings (SSSR count). The van der Waals surface area contributed by atoms with Crippen LogP contribution < -0.4 is 9.64 Å². The number of anilines is 1. The molecule has 4 aromatic rings. The standard InChI is InChI=1S/C24H28N6O3S2/c1-3-17-12-25-22(26-13-17)29-10-8-19(9-11-29)16(2)33-24-28-30-14-21(27-23(30)34-24)20-6-4-18(5-7-20)15-35(31)32/h4-7,12-14,16,19,35H,3,8-11,15H2,1-2H3/t16-/m0/s1. The van der Waals surface area contributed by atoms with Gasteiger partial charge in [-0.2, -0.15) is 0 Å². The van der Waals surface area contributed by atoms with Crippen molar-refractivity contribution < 1.29 is 13.2 Å². The highest BCUT2D eigenvalue weighted by Crippen LogP contribution is 2.30. The van der Waals surface area contributed by atoms with Crippen LogP contribution in [0.1, 0.15) is 37.8 Å². The molecule has 0 saturated carbocycles. The lowest BCUT2D eigenvalue weighted by molar-refractivity contribution is 0.131. The molecule has 1 aliphatic heterocycles. The number of hydrogen-bond donors (Lipinski definition) is 1. The van der Waals surface area contributed by atoms with Crippen LogP contribution >= 0.6 is 11.3 Å². The van der Waals surface area contributed by atoms with Crippen molar-refractivity contribution in [3.05, 3.63) is 54.0 Å². The summed E-state index contributed by atoms with van der Waals surface area (Å²) in [6.07, 6.45) is 8.73. The maximum Gasteiger partial charge on any atom is 0.294 e. The Bertz CT molecular complexity index is 1320. The van der Waals surface area contributed by atoms with E-state index >= 15 is 0 Å². The van der Waals surface area contributed by atoms with E-state index in [9.17, 15) is 8.42 Å². The van der Waals surface area contributed by atoms with Crippen molar-refractivity contribution in [1.29, 1.82) is 0 Å². The van der Waals surface area contributed by atoms with Crippen molar-refractivity contribution >= 4 is 33.0 Å². The molecule has 0 radical (unpaired) electrons. The second-order valence-electron chi connectivity index (χ2n) is 8.80. The summed E-state index contributed by atoms with van der Waals surface area (Å²) in [5, 5.41) is 5.18. The zero-order chi connectivity index (χ0) is 24.4. The summed E-state index contributed by atoms with van der Waals surface area (Å²) >= 11 is 1.43. The molecule has 1 aliphatic rings. The molecule has 0 spiro atoms. The zero-order valence-electron chi connectivity index (χ0n) is 19.7. The molecule has 0 bridgehead atoms. The molecular formula is C24H28N6O3S2. The number of fused-ring (bicyclic) bond motifs is 1. The smallest absolute Gasteiger partial charge is 0.294 e. The molecular weight excluding hydrogens is 484 g/mol. The molecule has 1 atom stereocenters. The minimum atomic E-state index is -2.43. The molecule has 0 unspecified atom stereocenters. The molecule has 1 saturated heterocycles. The molecule has 4 heterocycles. The van der Waals surface area contributed by atoms with Crippen LogP contribution in [0.2, 0.25) is 0 Å². The molecule has 0 amide bonds. The van der Waals surface area contributed by atoms with E-state index in [1.807, 2.05) is 42.9 Å². The normalized spacial score (nSPS) is 15.7. The van der Waals surface area contributed by atoms with Gasteiger partial charge in [-0.25, -0.2) is 27.9 Å². The fourth-order valence-corrected chi connectivity index (χ4v) is 5.64. The molecule has 1 aromatic carbocycles. The Morgan fingerprint density at radius 3 is 2.46 bits per heavy atom. The van der Waals surface area contributed by atoms with Crippen LogP contribution in [-0.2, 0) is 22.9 Å². The van der Waals surface area contributed by atoms with Gasteiger partial charge in [0.1, 0.15) is 16.8 Å². The van der Waals surface area contributed by atoms with E-state index in [1.54, 1.807) is 4.52 Å². The molecule has 0 N–H and O–H groups in total. The highest BCUT2D eigenvalue weighted by Gasteiger charge is 2.27. The third-order valence-corrected chi connectivity index (χ3v) is 7.90. The van der Waals surface area contributed by atoms with Gasteiger partial charge in [0.2, 0.25) is 10.9 Å². The summed E-state index contributed by atoms with van der Waals surface area (Å²) in [6.45, 7) is 6.05. The Labute approximate surface area is 209 Å². The minimum absolute atomic E-state index is 0.0488. The zero-order valence-corrected chi connectivity index (χ0v) is 21.4. The molecule has 9 nitrogen and oxygen atoms in total. The van der Waals surface area contributed by atoms with Gasteiger partial charge in [-0.1, -0.05) is 31.2 Å². The number of thiol groups is 1. The third-order valence-electron chi connectivity index (χ3n) is 6.46. The number of imidazole rings is 1. The number of aromatic nitrogens is 5. The number of benzene rings is 1. The summed E-state index contributed by atoms with van der Waals surface area (Å²) in [5.74, 6) is 1.30. The molecule has 35 heavy (non-hydrogen) atoms. The lowest BCUT2D eigenvalue weighted by Gasteiger charge is -2.34. The molecule has 0 aliphatic carbocycles. The van der Waals surface area contributed by atoms with E-state index in [2.05, 4.69) is 38.8 Å². The summed E-state index contributed by atoms with van der Waals surface area (Å²) in [4.78, 5) is 16.7. The first-order valence-electron chi connectivity index (χ1n) is 11.8. The Kier molecular flexibility index (Phi) is 6.96. The lowest BCUT2D eigenvalue weighted by Crippen LogP contribution is -2.39. The Morgan fingerprint density at radius 2 is 1.83 bits per heavy atom. The maximum absolute atomic E-state index is 10.9. The van der Waals surface area contributed by atoms with Gasteiger partial charge in [0.05, 0.1) is 17.6 Å². The average molecular weight is 513 g/mol. The van der Waals surface area contributed by atoms with Gasteiger partial charge >= 0.3 is 0 Å². The van der Waals surface area contributed by atoms with Crippen LogP contribution in [0.25, 0.3) is 16.2 Å². The lowest BCUT2D eigenvalue weighted by atomic mass is 9.92. The van der Waals surface area contributed by atoms with E-state index in [0.29, 0.717) is 11.1 Å². The second-order valence-corrected chi connectivity index (χ2v) is 10.7. The van der Waals surface area contributed by atoms with Crippen molar-refractivity contribution in [2.75, 3.05) is 18.0 Å². The quantitative estimate of drug-likeness (QED) is 0.357. The summed E-state index contributed by atoms with van der Waals surface area (Å²) in [6, 6.07) is 7.40. The van der Waals surface area contributed by atoms with Crippen molar-refractivity contribution in [3.8, 4) is 16.5 Å². The number of hydrogen-bond acceptors (Lipinski definition) is 9. The monoisotopic (exact) mass is 512 g/mol. The predicted molar refractivity (Wildman–Crippen MR) is 137 cm³/mol.